The van der Waals surface area contributed by atoms with Gasteiger partial charge in [-0.25, -0.2) is 4.98 Å². The number of pyridine rings is 1. The van der Waals surface area contributed by atoms with Crippen LogP contribution in [0.3, 0.4) is 0 Å². The van der Waals surface area contributed by atoms with E-state index in [1.165, 1.54) is 19.3 Å². The Morgan fingerprint density at radius 3 is 2.84 bits per heavy atom. The fourth-order valence-corrected chi connectivity index (χ4v) is 2.10. The molecule has 1 aliphatic carbocycles. The molecule has 0 radical (unpaired) electrons. The normalized spacial score (nSPS) is 15.9. The van der Waals surface area contributed by atoms with Crippen molar-refractivity contribution in [1.29, 1.82) is 0 Å². The van der Waals surface area contributed by atoms with Gasteiger partial charge in [-0.3, -0.25) is 4.79 Å². The molecule has 0 aliphatic heterocycles. The van der Waals surface area contributed by atoms with Crippen molar-refractivity contribution in [2.24, 2.45) is 11.1 Å². The summed E-state index contributed by atoms with van der Waals surface area (Å²) in [4.78, 5) is 16.0. The molecule has 0 spiro atoms. The molecule has 100 valence electrons. The van der Waals surface area contributed by atoms with Gasteiger partial charge in [0.2, 0.25) is 0 Å². The van der Waals surface area contributed by atoms with Crippen molar-refractivity contribution < 1.29 is 4.79 Å². The van der Waals surface area contributed by atoms with E-state index in [0.717, 1.165) is 12.1 Å². The molecule has 1 fully saturated rings. The molecule has 1 aromatic heterocycles. The van der Waals surface area contributed by atoms with Gasteiger partial charge in [0, 0.05) is 18.3 Å². The van der Waals surface area contributed by atoms with Gasteiger partial charge in [-0.15, -0.1) is 0 Å². The number of nitrogens with two attached hydrogens (primary N) is 1. The fraction of sp³-hybridized carbons (Fsp3) is 0.467. The highest BCUT2D eigenvalue weighted by Gasteiger charge is 2.31. The van der Waals surface area contributed by atoms with Crippen molar-refractivity contribution >= 4 is 5.91 Å². The van der Waals surface area contributed by atoms with E-state index in [2.05, 4.69) is 29.1 Å². The summed E-state index contributed by atoms with van der Waals surface area (Å²) < 4.78 is 0. The lowest BCUT2D eigenvalue weighted by Gasteiger charge is -2.38. The standard InChI is InChI=1S/C15H19N3O/c1-15(7-3-8-15)11-18-14(19)13-6-5-12(10-17-13)4-2-9-16/h5-6,10H,3,7-9,11,16H2,1H3,(H,18,19). The fourth-order valence-electron chi connectivity index (χ4n) is 2.10. The van der Waals surface area contributed by atoms with Crippen molar-refractivity contribution in [2.75, 3.05) is 13.1 Å². The number of nitrogens with zero attached hydrogens (tertiary/aromatic N) is 1. The van der Waals surface area contributed by atoms with Gasteiger partial charge in [0.1, 0.15) is 5.69 Å². The predicted molar refractivity (Wildman–Crippen MR) is 74.5 cm³/mol. The molecule has 3 N–H and O–H groups in total. The molecule has 1 saturated carbocycles. The maximum absolute atomic E-state index is 11.9. The third-order valence-corrected chi connectivity index (χ3v) is 3.57. The molecule has 0 bridgehead atoms. The van der Waals surface area contributed by atoms with Gasteiger partial charge in [-0.05, 0) is 30.4 Å². The molecule has 1 amide bonds. The molecule has 1 aliphatic rings. The van der Waals surface area contributed by atoms with E-state index in [1.54, 1.807) is 18.3 Å². The van der Waals surface area contributed by atoms with Crippen LogP contribution in [0.2, 0.25) is 0 Å². The van der Waals surface area contributed by atoms with Crippen LogP contribution in [-0.2, 0) is 0 Å². The second-order valence-corrected chi connectivity index (χ2v) is 5.28. The summed E-state index contributed by atoms with van der Waals surface area (Å²) in [5, 5.41) is 2.95. The minimum atomic E-state index is -0.119. The van der Waals surface area contributed by atoms with Crippen molar-refractivity contribution in [3.05, 3.63) is 29.6 Å². The largest absolute Gasteiger partial charge is 0.350 e. The van der Waals surface area contributed by atoms with E-state index >= 15 is 0 Å². The van der Waals surface area contributed by atoms with Crippen LogP contribution in [0.15, 0.2) is 18.3 Å². The minimum absolute atomic E-state index is 0.119. The summed E-state index contributed by atoms with van der Waals surface area (Å²) in [7, 11) is 0. The van der Waals surface area contributed by atoms with Gasteiger partial charge in [0.15, 0.2) is 0 Å². The molecule has 0 aromatic carbocycles. The Morgan fingerprint density at radius 2 is 2.32 bits per heavy atom. The third kappa shape index (κ3) is 3.55. The topological polar surface area (TPSA) is 68.0 Å². The monoisotopic (exact) mass is 257 g/mol. The predicted octanol–water partition coefficient (Wildman–Crippen LogP) is 1.31. The lowest BCUT2D eigenvalue weighted by atomic mass is 9.70. The number of hydrogen-bond donors (Lipinski definition) is 2. The first-order valence-corrected chi connectivity index (χ1v) is 6.56. The zero-order chi connectivity index (χ0) is 13.7. The summed E-state index contributed by atoms with van der Waals surface area (Å²) in [6, 6.07) is 3.48. The number of carbonyl (C=O) groups is 1. The molecule has 19 heavy (non-hydrogen) atoms. The van der Waals surface area contributed by atoms with E-state index in [9.17, 15) is 4.79 Å². The summed E-state index contributed by atoms with van der Waals surface area (Å²) in [6.45, 7) is 3.25. The van der Waals surface area contributed by atoms with Gasteiger partial charge >= 0.3 is 0 Å². The Hall–Kier alpha value is -1.86. The zero-order valence-electron chi connectivity index (χ0n) is 11.2. The highest BCUT2D eigenvalue weighted by molar-refractivity contribution is 5.92. The van der Waals surface area contributed by atoms with Crippen molar-refractivity contribution in [3.63, 3.8) is 0 Å². The molecule has 1 heterocycles. The number of nitrogens with one attached hydrogen (secondary N) is 1. The van der Waals surface area contributed by atoms with Crippen LogP contribution in [0.4, 0.5) is 0 Å². The first-order chi connectivity index (χ1) is 9.13. The summed E-state index contributed by atoms with van der Waals surface area (Å²) >= 11 is 0. The van der Waals surface area contributed by atoms with Crippen LogP contribution in [0.1, 0.15) is 42.2 Å². The van der Waals surface area contributed by atoms with Crippen molar-refractivity contribution in [1.82, 2.24) is 10.3 Å². The average Bonchev–Trinajstić information content (AvgIpc) is 2.41. The van der Waals surface area contributed by atoms with E-state index in [-0.39, 0.29) is 11.3 Å². The summed E-state index contributed by atoms with van der Waals surface area (Å²) in [5.41, 5.74) is 6.78. The smallest absolute Gasteiger partial charge is 0.269 e. The van der Waals surface area contributed by atoms with E-state index in [4.69, 9.17) is 5.73 Å². The minimum Gasteiger partial charge on any atom is -0.350 e. The highest BCUT2D eigenvalue weighted by atomic mass is 16.1. The van der Waals surface area contributed by atoms with Gasteiger partial charge in [0.05, 0.1) is 6.54 Å². The second-order valence-electron chi connectivity index (χ2n) is 5.28. The Kier molecular flexibility index (Phi) is 4.18. The Labute approximate surface area is 113 Å². The molecule has 4 nitrogen and oxygen atoms in total. The van der Waals surface area contributed by atoms with Crippen LogP contribution < -0.4 is 11.1 Å². The first-order valence-electron chi connectivity index (χ1n) is 6.56. The summed E-state index contributed by atoms with van der Waals surface area (Å²) in [5.74, 6) is 5.51. The molecule has 4 heteroatoms. The summed E-state index contributed by atoms with van der Waals surface area (Å²) in [6.07, 6.45) is 5.24. The lowest BCUT2D eigenvalue weighted by Crippen LogP contribution is -2.40. The lowest BCUT2D eigenvalue weighted by molar-refractivity contribution is 0.0886. The van der Waals surface area contributed by atoms with Crippen LogP contribution in [-0.4, -0.2) is 24.0 Å². The number of hydrogen-bond acceptors (Lipinski definition) is 3. The highest BCUT2D eigenvalue weighted by Crippen LogP contribution is 2.39. The first kappa shape index (κ1) is 13.6. The van der Waals surface area contributed by atoms with Crippen LogP contribution in [0.5, 0.6) is 0 Å². The van der Waals surface area contributed by atoms with Crippen LogP contribution >= 0.6 is 0 Å². The Balaban J connectivity index is 1.92. The molecule has 2 rings (SSSR count). The Morgan fingerprint density at radius 1 is 1.53 bits per heavy atom. The maximum Gasteiger partial charge on any atom is 0.269 e. The van der Waals surface area contributed by atoms with E-state index in [0.29, 0.717) is 12.2 Å². The van der Waals surface area contributed by atoms with Gasteiger partial charge in [-0.2, -0.15) is 0 Å². The van der Waals surface area contributed by atoms with E-state index in [1.807, 2.05) is 0 Å². The second kappa shape index (κ2) is 5.85. The van der Waals surface area contributed by atoms with Gasteiger partial charge in [-0.1, -0.05) is 25.2 Å². The van der Waals surface area contributed by atoms with Gasteiger partial charge in [0.25, 0.3) is 5.91 Å². The average molecular weight is 257 g/mol. The number of rotatable bonds is 3. The molecule has 0 saturated heterocycles. The zero-order valence-corrected chi connectivity index (χ0v) is 11.2. The Bertz CT molecular complexity index is 506. The number of aromatic nitrogens is 1. The molecular formula is C15H19N3O. The van der Waals surface area contributed by atoms with Crippen molar-refractivity contribution in [2.45, 2.75) is 26.2 Å². The van der Waals surface area contributed by atoms with Crippen LogP contribution in [0, 0.1) is 17.3 Å². The number of carbonyl (C=O) groups excluding carboxylic acids is 1. The third-order valence-electron chi connectivity index (χ3n) is 3.57. The SMILES string of the molecule is CC1(CNC(=O)c2ccc(C#CCN)cn2)CCC1. The van der Waals surface area contributed by atoms with Crippen molar-refractivity contribution in [3.8, 4) is 11.8 Å². The molecular weight excluding hydrogens is 238 g/mol. The van der Waals surface area contributed by atoms with Gasteiger partial charge < -0.3 is 11.1 Å². The molecule has 0 unspecified atom stereocenters. The quantitative estimate of drug-likeness (QED) is 0.802. The molecule has 0 atom stereocenters. The molecule has 1 aromatic rings. The maximum atomic E-state index is 11.9. The van der Waals surface area contributed by atoms with E-state index < -0.39 is 0 Å². The number of amides is 1. The van der Waals surface area contributed by atoms with Crippen LogP contribution in [0.25, 0.3) is 0 Å².